The number of anilines is 1. The van der Waals surface area contributed by atoms with E-state index in [4.69, 9.17) is 5.11 Å². The summed E-state index contributed by atoms with van der Waals surface area (Å²) in [4.78, 5) is 0. The van der Waals surface area contributed by atoms with Gasteiger partial charge in [-0.2, -0.15) is 0 Å². The molecule has 0 saturated carbocycles. The molecule has 3 nitrogen and oxygen atoms in total. The van der Waals surface area contributed by atoms with Crippen LogP contribution in [0.5, 0.6) is 0 Å². The van der Waals surface area contributed by atoms with E-state index < -0.39 is 0 Å². The Labute approximate surface area is 83.7 Å². The minimum Gasteiger partial charge on any atom is -0.398 e. The molecule has 0 radical (unpaired) electrons. The van der Waals surface area contributed by atoms with Crippen LogP contribution in [-0.4, -0.2) is 24.5 Å². The molecule has 1 atom stereocenters. The molecular weight excluding hydrogens is 176 g/mol. The number of hydrogen-bond acceptors (Lipinski definition) is 3. The van der Waals surface area contributed by atoms with E-state index >= 15 is 0 Å². The zero-order valence-corrected chi connectivity index (χ0v) is 8.14. The van der Waals surface area contributed by atoms with Gasteiger partial charge in [-0.25, -0.2) is 0 Å². The number of aliphatic hydroxyl groups is 1. The van der Waals surface area contributed by atoms with Crippen LogP contribution in [0.4, 0.5) is 5.69 Å². The number of para-hydroxylation sites is 1. The number of nitrogens with zero attached hydrogens (tertiary/aromatic N) is 2. The monoisotopic (exact) mass is 189 g/mol. The Kier molecular flexibility index (Phi) is 2.25. The highest BCUT2D eigenvalue weighted by Crippen LogP contribution is 2.25. The smallest absolute Gasteiger partial charge is 0.0560 e. The molecule has 3 heteroatoms. The van der Waals surface area contributed by atoms with Crippen LogP contribution in [-0.2, 0) is 0 Å². The van der Waals surface area contributed by atoms with E-state index in [-0.39, 0.29) is 12.0 Å². The van der Waals surface area contributed by atoms with Crippen LogP contribution < -0.4 is 5.01 Å². The molecule has 1 heterocycles. The summed E-state index contributed by atoms with van der Waals surface area (Å²) in [5, 5.41) is 15.2. The lowest BCUT2D eigenvalue weighted by molar-refractivity contribution is 0.212. The maximum atomic E-state index is 9.14. The molecule has 0 spiro atoms. The molecule has 0 fully saturated rings. The topological polar surface area (TPSA) is 35.8 Å². The summed E-state index contributed by atoms with van der Waals surface area (Å²) in [5.74, 6) is 0. The summed E-state index contributed by atoms with van der Waals surface area (Å²) >= 11 is 0. The Hall–Kier alpha value is -1.35. The summed E-state index contributed by atoms with van der Waals surface area (Å²) in [6.45, 7) is 2.72. The molecule has 0 saturated heterocycles. The average molecular weight is 189 g/mol. The van der Waals surface area contributed by atoms with Crippen molar-refractivity contribution >= 4 is 11.9 Å². The molecule has 1 aliphatic heterocycles. The van der Waals surface area contributed by atoms with E-state index in [2.05, 4.69) is 11.3 Å². The first-order valence-electron chi connectivity index (χ1n) is 4.65. The fourth-order valence-corrected chi connectivity index (χ4v) is 1.42. The van der Waals surface area contributed by atoms with Gasteiger partial charge in [-0.05, 0) is 12.1 Å². The lowest BCUT2D eigenvalue weighted by atomic mass is 9.94. The van der Waals surface area contributed by atoms with Gasteiger partial charge in [0.15, 0.2) is 0 Å². The third-order valence-electron chi connectivity index (χ3n) is 2.34. The van der Waals surface area contributed by atoms with E-state index in [1.807, 2.05) is 42.3 Å². The van der Waals surface area contributed by atoms with Gasteiger partial charge in [0.1, 0.15) is 0 Å². The lowest BCUT2D eigenvalue weighted by Gasteiger charge is -2.29. The Morgan fingerprint density at radius 1 is 1.50 bits per heavy atom. The number of benzene rings is 1. The van der Waals surface area contributed by atoms with E-state index in [1.54, 1.807) is 0 Å². The number of rotatable bonds is 2. The Morgan fingerprint density at radius 3 is 2.79 bits per heavy atom. The summed E-state index contributed by atoms with van der Waals surface area (Å²) < 4.78 is 0. The zero-order valence-electron chi connectivity index (χ0n) is 8.14. The Balaban J connectivity index is 2.15. The average Bonchev–Trinajstić information content (AvgIpc) is 2.63. The van der Waals surface area contributed by atoms with Crippen molar-refractivity contribution in [2.75, 3.05) is 18.2 Å². The zero-order chi connectivity index (χ0) is 10.0. The van der Waals surface area contributed by atoms with Gasteiger partial charge in [-0.3, -0.25) is 0 Å². The Bertz CT molecular complexity index is 336. The molecule has 2 rings (SSSR count). The Morgan fingerprint density at radius 2 is 2.21 bits per heavy atom. The van der Waals surface area contributed by atoms with Crippen LogP contribution in [0, 0.1) is 5.41 Å². The number of aliphatic hydroxyl groups excluding tert-OH is 1. The SMILES string of the molecule is CC1(CO)[C-]=NN(c2ccccc2)C1. The van der Waals surface area contributed by atoms with Crippen LogP contribution in [0.2, 0.25) is 0 Å². The van der Waals surface area contributed by atoms with Crippen molar-refractivity contribution in [3.63, 3.8) is 0 Å². The number of hydrogen-bond donors (Lipinski definition) is 1. The number of hydrazone groups is 1. The first-order chi connectivity index (χ1) is 6.73. The van der Waals surface area contributed by atoms with Gasteiger partial charge in [0.05, 0.1) is 5.69 Å². The minimum atomic E-state index is -0.324. The highest BCUT2D eigenvalue weighted by Gasteiger charge is 2.19. The molecule has 74 valence electrons. The van der Waals surface area contributed by atoms with Gasteiger partial charge in [0, 0.05) is 13.2 Å². The standard InChI is InChI=1S/C11H13N2O/c1-11(9-14)7-12-13(8-11)10-5-3-2-4-6-10/h2-6,14H,8-9H2,1H3/q-1. The predicted octanol–water partition coefficient (Wildman–Crippen LogP) is 1.37. The molecule has 0 amide bonds. The molecule has 1 N–H and O–H groups in total. The fraction of sp³-hybridized carbons (Fsp3) is 0.364. The second-order valence-corrected chi connectivity index (χ2v) is 3.82. The molecule has 1 aliphatic rings. The van der Waals surface area contributed by atoms with Crippen molar-refractivity contribution < 1.29 is 5.11 Å². The van der Waals surface area contributed by atoms with Crippen molar-refractivity contribution in [3.05, 3.63) is 30.3 Å². The largest absolute Gasteiger partial charge is 0.398 e. The minimum absolute atomic E-state index is 0.0832. The first-order valence-corrected chi connectivity index (χ1v) is 4.65. The first kappa shape index (κ1) is 9.21. The molecular formula is C11H13N2O-. The van der Waals surface area contributed by atoms with Gasteiger partial charge >= 0.3 is 0 Å². The van der Waals surface area contributed by atoms with Crippen molar-refractivity contribution in [3.8, 4) is 0 Å². The second kappa shape index (κ2) is 3.42. The van der Waals surface area contributed by atoms with Gasteiger partial charge in [0.25, 0.3) is 0 Å². The van der Waals surface area contributed by atoms with Crippen LogP contribution in [0.25, 0.3) is 0 Å². The van der Waals surface area contributed by atoms with Crippen LogP contribution in [0.15, 0.2) is 35.4 Å². The van der Waals surface area contributed by atoms with Gasteiger partial charge in [-0.15, -0.1) is 5.41 Å². The maximum absolute atomic E-state index is 9.14. The normalized spacial score (nSPS) is 25.7. The van der Waals surface area contributed by atoms with Crippen molar-refractivity contribution in [2.24, 2.45) is 10.5 Å². The van der Waals surface area contributed by atoms with E-state index in [9.17, 15) is 0 Å². The van der Waals surface area contributed by atoms with Gasteiger partial charge in [0.2, 0.25) is 0 Å². The van der Waals surface area contributed by atoms with Crippen LogP contribution in [0.1, 0.15) is 6.92 Å². The van der Waals surface area contributed by atoms with E-state index in [0.29, 0.717) is 6.54 Å². The molecule has 0 aliphatic carbocycles. The van der Waals surface area contributed by atoms with E-state index in [1.165, 1.54) is 0 Å². The third-order valence-corrected chi connectivity index (χ3v) is 2.34. The molecule has 1 aromatic rings. The quantitative estimate of drug-likeness (QED) is 0.713. The second-order valence-electron chi connectivity index (χ2n) is 3.82. The lowest BCUT2D eigenvalue weighted by Crippen LogP contribution is -2.29. The summed E-state index contributed by atoms with van der Waals surface area (Å²) in [6.07, 6.45) is 2.93. The van der Waals surface area contributed by atoms with Crippen molar-refractivity contribution in [1.82, 2.24) is 0 Å². The molecule has 1 aromatic carbocycles. The summed E-state index contributed by atoms with van der Waals surface area (Å²) in [5.41, 5.74) is 0.715. The highest BCUT2D eigenvalue weighted by atomic mass is 16.3. The maximum Gasteiger partial charge on any atom is 0.0560 e. The van der Waals surface area contributed by atoms with E-state index in [0.717, 1.165) is 5.69 Å². The predicted molar refractivity (Wildman–Crippen MR) is 56.4 cm³/mol. The van der Waals surface area contributed by atoms with Crippen LogP contribution >= 0.6 is 0 Å². The van der Waals surface area contributed by atoms with Crippen molar-refractivity contribution in [1.29, 1.82) is 0 Å². The molecule has 14 heavy (non-hydrogen) atoms. The highest BCUT2D eigenvalue weighted by molar-refractivity contribution is 5.72. The van der Waals surface area contributed by atoms with Crippen LogP contribution in [0.3, 0.4) is 0 Å². The summed E-state index contributed by atoms with van der Waals surface area (Å²) in [7, 11) is 0. The molecule has 0 bridgehead atoms. The third kappa shape index (κ3) is 1.63. The van der Waals surface area contributed by atoms with Gasteiger partial charge < -0.3 is 21.4 Å². The molecule has 0 aromatic heterocycles. The summed E-state index contributed by atoms with van der Waals surface area (Å²) in [6, 6.07) is 9.90. The molecule has 1 unspecified atom stereocenters. The van der Waals surface area contributed by atoms with Gasteiger partial charge in [-0.1, -0.05) is 25.1 Å². The van der Waals surface area contributed by atoms with Crippen molar-refractivity contribution in [2.45, 2.75) is 6.92 Å². The fourth-order valence-electron chi connectivity index (χ4n) is 1.42.